The Balaban J connectivity index is 1.58. The second kappa shape index (κ2) is 12.4. The Morgan fingerprint density at radius 3 is 2.05 bits per heavy atom. The number of hydrogen-bond acceptors (Lipinski definition) is 6. The third-order valence-corrected chi connectivity index (χ3v) is 10.6. The quantitative estimate of drug-likeness (QED) is 0.256. The van der Waals surface area contributed by atoms with Crippen LogP contribution in [0.4, 0.5) is 0 Å². The second-order valence-electron chi connectivity index (χ2n) is 16.1. The fourth-order valence-electron chi connectivity index (χ4n) is 8.04. The lowest BCUT2D eigenvalue weighted by molar-refractivity contribution is -0.161. The SMILES string of the molecule is CC(C)(C)OC(=O)C[C@H](C(=O)N1C[C@@]2(CC2C2CCCCC2)C[C@H]1C(=O)CC(CC1CCC1)C(=O)C(N)=O)C(C)(C)C. The molecule has 0 aromatic heterocycles. The fraction of sp³-hybridized carbons (Fsp3) is 0.853. The molecular weight excluding hydrogens is 532 g/mol. The Bertz CT molecular complexity index is 1060. The second-order valence-corrected chi connectivity index (χ2v) is 16.1. The van der Waals surface area contributed by atoms with Gasteiger partial charge in [-0.15, -0.1) is 0 Å². The van der Waals surface area contributed by atoms with Gasteiger partial charge in [0, 0.05) is 18.9 Å². The molecule has 4 fully saturated rings. The lowest BCUT2D eigenvalue weighted by atomic mass is 9.75. The monoisotopic (exact) mass is 586 g/mol. The van der Waals surface area contributed by atoms with Gasteiger partial charge in [-0.1, -0.05) is 72.1 Å². The summed E-state index contributed by atoms with van der Waals surface area (Å²) in [4.78, 5) is 67.8. The van der Waals surface area contributed by atoms with Crippen molar-refractivity contribution in [2.75, 3.05) is 6.54 Å². The molecule has 0 bridgehead atoms. The van der Waals surface area contributed by atoms with E-state index < -0.39 is 46.6 Å². The summed E-state index contributed by atoms with van der Waals surface area (Å²) in [6, 6.07) is -0.654. The average Bonchev–Trinajstić information content (AvgIpc) is 3.42. The van der Waals surface area contributed by atoms with Gasteiger partial charge in [-0.2, -0.15) is 0 Å². The van der Waals surface area contributed by atoms with E-state index in [0.29, 0.717) is 37.1 Å². The topological polar surface area (TPSA) is 124 Å². The van der Waals surface area contributed by atoms with Crippen molar-refractivity contribution in [2.45, 2.75) is 137 Å². The first-order valence-corrected chi connectivity index (χ1v) is 16.4. The number of likely N-dealkylation sites (tertiary alicyclic amines) is 1. The summed E-state index contributed by atoms with van der Waals surface area (Å²) in [5, 5.41) is 0. The number of primary amides is 1. The zero-order valence-electron chi connectivity index (χ0n) is 26.8. The van der Waals surface area contributed by atoms with Crippen molar-refractivity contribution >= 4 is 29.4 Å². The van der Waals surface area contributed by atoms with E-state index in [1.807, 2.05) is 41.5 Å². The molecule has 0 aromatic rings. The molecule has 8 heteroatoms. The molecular formula is C34H54N2O6. The molecule has 1 saturated heterocycles. The summed E-state index contributed by atoms with van der Waals surface area (Å²) in [7, 11) is 0. The summed E-state index contributed by atoms with van der Waals surface area (Å²) in [5.41, 5.74) is 4.13. The van der Waals surface area contributed by atoms with Gasteiger partial charge in [-0.05, 0) is 68.6 Å². The van der Waals surface area contributed by atoms with Gasteiger partial charge in [-0.25, -0.2) is 0 Å². The highest BCUT2D eigenvalue weighted by Gasteiger charge is 2.64. The standard InChI is InChI=1S/C34H54N2O6/c1-32(2,3)24(17-28(38)42-33(4,5)6)31(41)36-20-34(18-25(34)22-13-8-7-9-14-22)19-26(36)27(37)16-23(29(39)30(35)40)15-21-11-10-12-21/h21-26H,7-20H2,1-6H3,(H2,35,40)/t23?,24-,25?,26+,34-/m1/s1. The number of nitrogens with zero attached hydrogens (tertiary/aromatic N) is 1. The molecule has 2 amide bonds. The van der Waals surface area contributed by atoms with Crippen LogP contribution >= 0.6 is 0 Å². The van der Waals surface area contributed by atoms with Crippen LogP contribution in [0, 0.1) is 40.4 Å². The van der Waals surface area contributed by atoms with E-state index in [1.54, 1.807) is 4.90 Å². The largest absolute Gasteiger partial charge is 0.460 e. The van der Waals surface area contributed by atoms with Crippen LogP contribution in [0.3, 0.4) is 0 Å². The number of ether oxygens (including phenoxy) is 1. The molecule has 2 unspecified atom stereocenters. The van der Waals surface area contributed by atoms with E-state index in [4.69, 9.17) is 10.5 Å². The smallest absolute Gasteiger partial charge is 0.307 e. The van der Waals surface area contributed by atoms with Crippen molar-refractivity contribution in [3.8, 4) is 0 Å². The van der Waals surface area contributed by atoms with Crippen molar-refractivity contribution in [1.82, 2.24) is 4.90 Å². The molecule has 0 radical (unpaired) electrons. The van der Waals surface area contributed by atoms with Crippen LogP contribution in [0.2, 0.25) is 0 Å². The Morgan fingerprint density at radius 1 is 0.881 bits per heavy atom. The third kappa shape index (κ3) is 7.63. The number of carbonyl (C=O) groups excluding carboxylic acids is 5. The lowest BCUT2D eigenvalue weighted by Gasteiger charge is -2.35. The number of nitrogens with two attached hydrogens (primary N) is 1. The summed E-state index contributed by atoms with van der Waals surface area (Å²) in [5.74, 6) is -2.35. The normalized spacial score (nSPS) is 28.2. The molecule has 236 valence electrons. The highest BCUT2D eigenvalue weighted by Crippen LogP contribution is 2.65. The summed E-state index contributed by atoms with van der Waals surface area (Å²) in [6.07, 6.45) is 11.2. The number of ketones is 2. The van der Waals surface area contributed by atoms with Gasteiger partial charge in [0.15, 0.2) is 5.78 Å². The highest BCUT2D eigenvalue weighted by atomic mass is 16.6. The minimum absolute atomic E-state index is 0.0550. The Morgan fingerprint density at radius 2 is 1.52 bits per heavy atom. The van der Waals surface area contributed by atoms with E-state index >= 15 is 0 Å². The molecule has 4 aliphatic rings. The first-order chi connectivity index (χ1) is 19.5. The molecule has 1 heterocycles. The van der Waals surface area contributed by atoms with Crippen molar-refractivity contribution in [2.24, 2.45) is 46.2 Å². The van der Waals surface area contributed by atoms with E-state index in [0.717, 1.165) is 25.7 Å². The molecule has 2 N–H and O–H groups in total. The van der Waals surface area contributed by atoms with Crippen LogP contribution in [0.25, 0.3) is 0 Å². The first-order valence-electron chi connectivity index (χ1n) is 16.4. The highest BCUT2D eigenvalue weighted by molar-refractivity contribution is 6.36. The van der Waals surface area contributed by atoms with Crippen molar-refractivity contribution in [3.63, 3.8) is 0 Å². The molecule has 5 atom stereocenters. The molecule has 42 heavy (non-hydrogen) atoms. The number of carbonyl (C=O) groups is 5. The van der Waals surface area contributed by atoms with Crippen LogP contribution in [0.1, 0.15) is 125 Å². The predicted octanol–water partition coefficient (Wildman–Crippen LogP) is 5.39. The lowest BCUT2D eigenvalue weighted by Crippen LogP contribution is -2.48. The number of Topliss-reactive ketones (excluding diaryl/α,β-unsaturated/α-hetero) is 2. The molecule has 1 spiro atoms. The maximum atomic E-state index is 14.4. The summed E-state index contributed by atoms with van der Waals surface area (Å²) < 4.78 is 5.60. The van der Waals surface area contributed by atoms with Crippen LogP contribution < -0.4 is 5.73 Å². The Kier molecular flexibility index (Phi) is 9.64. The molecule has 3 saturated carbocycles. The van der Waals surface area contributed by atoms with E-state index in [-0.39, 0.29) is 29.9 Å². The van der Waals surface area contributed by atoms with Gasteiger partial charge in [0.05, 0.1) is 18.4 Å². The Hall–Kier alpha value is -2.25. The summed E-state index contributed by atoms with van der Waals surface area (Å²) in [6.45, 7) is 11.8. The maximum Gasteiger partial charge on any atom is 0.307 e. The van der Waals surface area contributed by atoms with Crippen LogP contribution in [-0.2, 0) is 28.7 Å². The number of amides is 2. The van der Waals surface area contributed by atoms with Gasteiger partial charge in [0.1, 0.15) is 5.60 Å². The van der Waals surface area contributed by atoms with Crippen molar-refractivity contribution in [1.29, 1.82) is 0 Å². The van der Waals surface area contributed by atoms with E-state index in [9.17, 15) is 24.0 Å². The summed E-state index contributed by atoms with van der Waals surface area (Å²) >= 11 is 0. The number of hydrogen-bond donors (Lipinski definition) is 1. The number of rotatable bonds is 11. The van der Waals surface area contributed by atoms with Crippen molar-refractivity contribution in [3.05, 3.63) is 0 Å². The minimum Gasteiger partial charge on any atom is -0.460 e. The third-order valence-electron chi connectivity index (χ3n) is 10.6. The van der Waals surface area contributed by atoms with Gasteiger partial charge in [-0.3, -0.25) is 24.0 Å². The predicted molar refractivity (Wildman–Crippen MR) is 160 cm³/mol. The fourth-order valence-corrected chi connectivity index (χ4v) is 8.04. The number of esters is 1. The maximum absolute atomic E-state index is 14.4. The van der Waals surface area contributed by atoms with Gasteiger partial charge >= 0.3 is 5.97 Å². The molecule has 3 aliphatic carbocycles. The van der Waals surface area contributed by atoms with Crippen LogP contribution in [0.15, 0.2) is 0 Å². The van der Waals surface area contributed by atoms with Crippen LogP contribution in [-0.4, -0.2) is 52.4 Å². The zero-order chi connectivity index (χ0) is 31.0. The van der Waals surface area contributed by atoms with E-state index in [1.165, 1.54) is 32.1 Å². The van der Waals surface area contributed by atoms with Gasteiger partial charge in [0.25, 0.3) is 5.91 Å². The molecule has 8 nitrogen and oxygen atoms in total. The van der Waals surface area contributed by atoms with Gasteiger partial charge in [0.2, 0.25) is 11.7 Å². The van der Waals surface area contributed by atoms with E-state index in [2.05, 4.69) is 0 Å². The first kappa shape index (κ1) is 32.7. The molecule has 1 aliphatic heterocycles. The van der Waals surface area contributed by atoms with Crippen molar-refractivity contribution < 1.29 is 28.7 Å². The minimum atomic E-state index is -0.993. The Labute approximate surface area is 252 Å². The molecule has 0 aromatic carbocycles. The van der Waals surface area contributed by atoms with Crippen LogP contribution in [0.5, 0.6) is 0 Å². The zero-order valence-corrected chi connectivity index (χ0v) is 26.8. The average molecular weight is 587 g/mol. The molecule has 4 rings (SSSR count). The van der Waals surface area contributed by atoms with Gasteiger partial charge < -0.3 is 15.4 Å².